The SMILES string of the molecule is CCNC(=NCc1ccnc(OC)c1)N(C)CC1CCOC1. The molecule has 0 radical (unpaired) electrons. The van der Waals surface area contributed by atoms with Crippen LogP contribution in [0.1, 0.15) is 18.9 Å². The van der Waals surface area contributed by atoms with Crippen molar-refractivity contribution < 1.29 is 9.47 Å². The molecule has 2 rings (SSSR count). The van der Waals surface area contributed by atoms with Crippen LogP contribution in [0.3, 0.4) is 0 Å². The summed E-state index contributed by atoms with van der Waals surface area (Å²) in [5.74, 6) is 2.13. The third kappa shape index (κ3) is 4.87. The van der Waals surface area contributed by atoms with Crippen LogP contribution in [0.2, 0.25) is 0 Å². The van der Waals surface area contributed by atoms with Crippen LogP contribution in [-0.4, -0.2) is 56.3 Å². The molecule has 0 amide bonds. The summed E-state index contributed by atoms with van der Waals surface area (Å²) in [4.78, 5) is 11.0. The van der Waals surface area contributed by atoms with E-state index in [9.17, 15) is 0 Å². The highest BCUT2D eigenvalue weighted by atomic mass is 16.5. The standard InChI is InChI=1S/C16H26N4O2/c1-4-17-16(20(2)11-14-6-8-22-12-14)19-10-13-5-7-18-15(9-13)21-3/h5,7,9,14H,4,6,8,10-12H2,1-3H3,(H,17,19). The molecular formula is C16H26N4O2. The van der Waals surface area contributed by atoms with Gasteiger partial charge in [0.05, 0.1) is 20.3 Å². The van der Waals surface area contributed by atoms with Gasteiger partial charge >= 0.3 is 0 Å². The summed E-state index contributed by atoms with van der Waals surface area (Å²) in [6.45, 7) is 6.23. The number of guanidine groups is 1. The van der Waals surface area contributed by atoms with Gasteiger partial charge in [0.25, 0.3) is 0 Å². The maximum Gasteiger partial charge on any atom is 0.213 e. The lowest BCUT2D eigenvalue weighted by atomic mass is 10.1. The van der Waals surface area contributed by atoms with E-state index in [1.54, 1.807) is 13.3 Å². The third-order valence-corrected chi connectivity index (χ3v) is 3.67. The quantitative estimate of drug-likeness (QED) is 0.638. The Morgan fingerprint density at radius 1 is 1.59 bits per heavy atom. The molecular weight excluding hydrogens is 280 g/mol. The van der Waals surface area contributed by atoms with E-state index in [0.29, 0.717) is 18.3 Å². The van der Waals surface area contributed by atoms with Crippen LogP contribution in [0.25, 0.3) is 0 Å². The van der Waals surface area contributed by atoms with Gasteiger partial charge in [0.15, 0.2) is 5.96 Å². The summed E-state index contributed by atoms with van der Waals surface area (Å²) in [5, 5.41) is 3.34. The first-order valence-corrected chi connectivity index (χ1v) is 7.79. The number of methoxy groups -OCH3 is 1. The Morgan fingerprint density at radius 2 is 2.45 bits per heavy atom. The highest BCUT2D eigenvalue weighted by Crippen LogP contribution is 2.14. The summed E-state index contributed by atoms with van der Waals surface area (Å²) in [5.41, 5.74) is 1.08. The zero-order chi connectivity index (χ0) is 15.8. The van der Waals surface area contributed by atoms with Gasteiger partial charge in [-0.25, -0.2) is 9.98 Å². The topological polar surface area (TPSA) is 59.0 Å². The Bertz CT molecular complexity index is 487. The first-order valence-electron chi connectivity index (χ1n) is 7.79. The minimum atomic E-state index is 0.592. The number of hydrogen-bond donors (Lipinski definition) is 1. The number of aliphatic imine (C=N–C) groups is 1. The van der Waals surface area contributed by atoms with Crippen LogP contribution in [0.4, 0.5) is 0 Å². The van der Waals surface area contributed by atoms with Crippen LogP contribution in [0, 0.1) is 5.92 Å². The minimum Gasteiger partial charge on any atom is -0.481 e. The second kappa shape index (κ2) is 8.58. The molecule has 1 aliphatic heterocycles. The largest absolute Gasteiger partial charge is 0.481 e. The van der Waals surface area contributed by atoms with Crippen molar-refractivity contribution in [3.05, 3.63) is 23.9 Å². The smallest absolute Gasteiger partial charge is 0.213 e. The number of rotatable bonds is 6. The molecule has 6 nitrogen and oxygen atoms in total. The van der Waals surface area contributed by atoms with Crippen molar-refractivity contribution in [2.45, 2.75) is 19.9 Å². The monoisotopic (exact) mass is 306 g/mol. The molecule has 1 unspecified atom stereocenters. The number of pyridine rings is 1. The van der Waals surface area contributed by atoms with Crippen molar-refractivity contribution in [2.75, 3.05) is 40.5 Å². The first-order chi connectivity index (χ1) is 10.7. The van der Waals surface area contributed by atoms with Crippen LogP contribution >= 0.6 is 0 Å². The van der Waals surface area contributed by atoms with Gasteiger partial charge in [-0.1, -0.05) is 0 Å². The molecule has 0 aliphatic carbocycles. The molecule has 1 N–H and O–H groups in total. The summed E-state index contributed by atoms with van der Waals surface area (Å²) in [7, 11) is 3.70. The second-order valence-corrected chi connectivity index (χ2v) is 5.49. The van der Waals surface area contributed by atoms with Gasteiger partial charge in [-0.2, -0.15) is 0 Å². The van der Waals surface area contributed by atoms with E-state index in [0.717, 1.165) is 44.2 Å². The highest BCUT2D eigenvalue weighted by Gasteiger charge is 2.18. The lowest BCUT2D eigenvalue weighted by Gasteiger charge is -2.24. The Labute approximate surface area is 132 Å². The van der Waals surface area contributed by atoms with Crippen LogP contribution < -0.4 is 10.1 Å². The first kappa shape index (κ1) is 16.5. The van der Waals surface area contributed by atoms with Gasteiger partial charge in [0.1, 0.15) is 0 Å². The maximum atomic E-state index is 5.44. The number of nitrogens with one attached hydrogen (secondary N) is 1. The third-order valence-electron chi connectivity index (χ3n) is 3.67. The average molecular weight is 306 g/mol. The predicted molar refractivity (Wildman–Crippen MR) is 87.2 cm³/mol. The summed E-state index contributed by atoms with van der Waals surface area (Å²) >= 11 is 0. The molecule has 1 aliphatic rings. The van der Waals surface area contributed by atoms with Crippen molar-refractivity contribution in [3.63, 3.8) is 0 Å². The molecule has 0 saturated carbocycles. The zero-order valence-electron chi connectivity index (χ0n) is 13.7. The fourth-order valence-corrected chi connectivity index (χ4v) is 2.50. The van der Waals surface area contributed by atoms with E-state index in [2.05, 4.69) is 29.2 Å². The van der Waals surface area contributed by atoms with Gasteiger partial charge < -0.3 is 19.7 Å². The Morgan fingerprint density at radius 3 is 3.14 bits per heavy atom. The maximum absolute atomic E-state index is 5.44. The fraction of sp³-hybridized carbons (Fsp3) is 0.625. The average Bonchev–Trinajstić information content (AvgIpc) is 3.04. The molecule has 0 bridgehead atoms. The van der Waals surface area contributed by atoms with Crippen molar-refractivity contribution in [1.29, 1.82) is 0 Å². The van der Waals surface area contributed by atoms with Gasteiger partial charge in [-0.3, -0.25) is 0 Å². The zero-order valence-corrected chi connectivity index (χ0v) is 13.7. The van der Waals surface area contributed by atoms with Gasteiger partial charge in [-0.05, 0) is 25.0 Å². The summed E-state index contributed by atoms with van der Waals surface area (Å²) in [6, 6.07) is 3.87. The molecule has 1 aromatic heterocycles. The Hall–Kier alpha value is -1.82. The Kier molecular flexibility index (Phi) is 6.45. The molecule has 1 atom stereocenters. The molecule has 1 aromatic rings. The van der Waals surface area contributed by atoms with Gasteiger partial charge in [-0.15, -0.1) is 0 Å². The highest BCUT2D eigenvalue weighted by molar-refractivity contribution is 5.79. The molecule has 122 valence electrons. The van der Waals surface area contributed by atoms with Crippen molar-refractivity contribution in [2.24, 2.45) is 10.9 Å². The molecule has 0 spiro atoms. The van der Waals surface area contributed by atoms with E-state index in [4.69, 9.17) is 14.5 Å². The normalized spacial score (nSPS) is 18.3. The van der Waals surface area contributed by atoms with Crippen molar-refractivity contribution in [1.82, 2.24) is 15.2 Å². The van der Waals surface area contributed by atoms with Crippen LogP contribution in [0.5, 0.6) is 5.88 Å². The Balaban J connectivity index is 1.98. The van der Waals surface area contributed by atoms with Gasteiger partial charge in [0.2, 0.25) is 5.88 Å². The number of ether oxygens (including phenoxy) is 2. The fourth-order valence-electron chi connectivity index (χ4n) is 2.50. The van der Waals surface area contributed by atoms with Crippen LogP contribution in [-0.2, 0) is 11.3 Å². The van der Waals surface area contributed by atoms with Crippen molar-refractivity contribution in [3.8, 4) is 5.88 Å². The van der Waals surface area contributed by atoms with Gasteiger partial charge in [0, 0.05) is 44.9 Å². The van der Waals surface area contributed by atoms with E-state index in [-0.39, 0.29) is 0 Å². The van der Waals surface area contributed by atoms with E-state index in [1.165, 1.54) is 0 Å². The molecule has 1 fully saturated rings. The van der Waals surface area contributed by atoms with E-state index in [1.807, 2.05) is 12.1 Å². The second-order valence-electron chi connectivity index (χ2n) is 5.49. The van der Waals surface area contributed by atoms with Crippen LogP contribution in [0.15, 0.2) is 23.3 Å². The molecule has 22 heavy (non-hydrogen) atoms. The predicted octanol–water partition coefficient (Wildman–Crippen LogP) is 1.52. The summed E-state index contributed by atoms with van der Waals surface area (Å²) < 4.78 is 10.6. The number of hydrogen-bond acceptors (Lipinski definition) is 4. The lowest BCUT2D eigenvalue weighted by molar-refractivity contribution is 0.181. The summed E-state index contributed by atoms with van der Waals surface area (Å²) in [6.07, 6.45) is 2.88. The molecule has 1 saturated heterocycles. The molecule has 6 heteroatoms. The number of aromatic nitrogens is 1. The van der Waals surface area contributed by atoms with E-state index < -0.39 is 0 Å². The van der Waals surface area contributed by atoms with E-state index >= 15 is 0 Å². The minimum absolute atomic E-state index is 0.592. The number of nitrogens with zero attached hydrogens (tertiary/aromatic N) is 3. The lowest BCUT2D eigenvalue weighted by Crippen LogP contribution is -2.41. The molecule has 0 aromatic carbocycles. The molecule has 2 heterocycles. The van der Waals surface area contributed by atoms with Crippen molar-refractivity contribution >= 4 is 5.96 Å².